The molecule has 7 nitrogen and oxygen atoms in total. The van der Waals surface area contributed by atoms with Crippen molar-refractivity contribution < 1.29 is 13.2 Å². The lowest BCUT2D eigenvalue weighted by Gasteiger charge is -2.38. The monoisotopic (exact) mass is 506 g/mol. The molecule has 2 heterocycles. The van der Waals surface area contributed by atoms with Gasteiger partial charge < -0.3 is 9.80 Å². The van der Waals surface area contributed by atoms with Gasteiger partial charge in [0.25, 0.3) is 0 Å². The van der Waals surface area contributed by atoms with Crippen LogP contribution in [0.1, 0.15) is 18.9 Å². The quantitative estimate of drug-likeness (QED) is 0.548. The van der Waals surface area contributed by atoms with Crippen LogP contribution in [0.5, 0.6) is 0 Å². The standard InChI is InChI=1S/C23H27ClN4O3S2/c1-15(2)22(26-33(30,31)19-8-9-20-21(14-19)32-16(3)25-20)23(29)28-12-10-27(11-13-28)18-6-4-17(24)5-7-18/h4-9,14-15,22,26H,10-13H2,1-3H3/t22-/m1/s1. The largest absolute Gasteiger partial charge is 0.368 e. The Hall–Kier alpha value is -2.20. The van der Waals surface area contributed by atoms with Crippen molar-refractivity contribution in [3.05, 3.63) is 52.5 Å². The number of sulfonamides is 1. The molecular weight excluding hydrogens is 480 g/mol. The number of fused-ring (bicyclic) bond motifs is 1. The molecule has 0 spiro atoms. The van der Waals surface area contributed by atoms with Crippen molar-refractivity contribution in [2.45, 2.75) is 31.7 Å². The number of aromatic nitrogens is 1. The molecule has 1 aliphatic rings. The number of rotatable bonds is 6. The third-order valence-electron chi connectivity index (χ3n) is 5.78. The molecule has 10 heteroatoms. The van der Waals surface area contributed by atoms with E-state index in [0.29, 0.717) is 31.2 Å². The molecule has 176 valence electrons. The first-order valence-corrected chi connectivity index (χ1v) is 13.5. The van der Waals surface area contributed by atoms with Crippen LogP contribution < -0.4 is 9.62 Å². The lowest BCUT2D eigenvalue weighted by Crippen LogP contribution is -2.56. The number of amides is 1. The summed E-state index contributed by atoms with van der Waals surface area (Å²) >= 11 is 7.42. The molecule has 3 aromatic rings. The van der Waals surface area contributed by atoms with E-state index in [1.54, 1.807) is 17.0 Å². The highest BCUT2D eigenvalue weighted by Gasteiger charge is 2.33. The average Bonchev–Trinajstić information content (AvgIpc) is 3.17. The minimum atomic E-state index is -3.87. The smallest absolute Gasteiger partial charge is 0.241 e. The zero-order valence-electron chi connectivity index (χ0n) is 18.8. The number of nitrogens with one attached hydrogen (secondary N) is 1. The van der Waals surface area contributed by atoms with E-state index in [1.807, 2.05) is 45.0 Å². The van der Waals surface area contributed by atoms with Crippen LogP contribution in [0.25, 0.3) is 10.2 Å². The third-order valence-corrected chi connectivity index (χ3v) is 8.40. The molecular formula is C23H27ClN4O3S2. The zero-order chi connectivity index (χ0) is 23.8. The summed E-state index contributed by atoms with van der Waals surface area (Å²) in [7, 11) is -3.87. The van der Waals surface area contributed by atoms with Gasteiger partial charge in [0, 0.05) is 36.9 Å². The average molecular weight is 507 g/mol. The van der Waals surface area contributed by atoms with Gasteiger partial charge in [-0.3, -0.25) is 4.79 Å². The molecule has 1 aliphatic heterocycles. The van der Waals surface area contributed by atoms with Crippen LogP contribution in [0.4, 0.5) is 5.69 Å². The van der Waals surface area contributed by atoms with Crippen LogP contribution in [0, 0.1) is 12.8 Å². The first-order valence-electron chi connectivity index (χ1n) is 10.8. The first kappa shape index (κ1) is 23.9. The molecule has 1 saturated heterocycles. The molecule has 1 N–H and O–H groups in total. The first-order chi connectivity index (χ1) is 15.6. The molecule has 1 fully saturated rings. The van der Waals surface area contributed by atoms with Gasteiger partial charge in [0.2, 0.25) is 15.9 Å². The maximum absolute atomic E-state index is 13.3. The van der Waals surface area contributed by atoms with Gasteiger partial charge in [-0.25, -0.2) is 13.4 Å². The van der Waals surface area contributed by atoms with E-state index in [4.69, 9.17) is 11.6 Å². The second kappa shape index (κ2) is 9.58. The van der Waals surface area contributed by atoms with Gasteiger partial charge in [-0.2, -0.15) is 4.72 Å². The maximum atomic E-state index is 13.3. The van der Waals surface area contributed by atoms with E-state index >= 15 is 0 Å². The molecule has 1 amide bonds. The number of carbonyl (C=O) groups is 1. The fourth-order valence-corrected chi connectivity index (χ4v) is 6.36. The van der Waals surface area contributed by atoms with Crippen LogP contribution in [-0.2, 0) is 14.8 Å². The number of carbonyl (C=O) groups excluding carboxylic acids is 1. The van der Waals surface area contributed by atoms with E-state index < -0.39 is 16.1 Å². The number of benzene rings is 2. The van der Waals surface area contributed by atoms with Crippen LogP contribution in [-0.4, -0.2) is 56.4 Å². The van der Waals surface area contributed by atoms with Crippen molar-refractivity contribution in [3.8, 4) is 0 Å². The number of aryl methyl sites for hydroxylation is 1. The SMILES string of the molecule is Cc1nc2ccc(S(=O)(=O)N[C@@H](C(=O)N3CCN(c4ccc(Cl)cc4)CC3)C(C)C)cc2s1. The highest BCUT2D eigenvalue weighted by Crippen LogP contribution is 2.25. The van der Waals surface area contributed by atoms with Gasteiger partial charge in [-0.1, -0.05) is 25.4 Å². The van der Waals surface area contributed by atoms with Crippen molar-refractivity contribution in [2.24, 2.45) is 5.92 Å². The van der Waals surface area contributed by atoms with Gasteiger partial charge in [-0.05, 0) is 55.3 Å². The normalized spacial score (nSPS) is 15.9. The Balaban J connectivity index is 1.46. The predicted molar refractivity (Wildman–Crippen MR) is 134 cm³/mol. The maximum Gasteiger partial charge on any atom is 0.241 e. The minimum absolute atomic E-state index is 0.143. The van der Waals surface area contributed by atoms with Gasteiger partial charge in [-0.15, -0.1) is 11.3 Å². The molecule has 2 aromatic carbocycles. The highest BCUT2D eigenvalue weighted by atomic mass is 35.5. The zero-order valence-corrected chi connectivity index (χ0v) is 21.2. The number of piperazine rings is 1. The summed E-state index contributed by atoms with van der Waals surface area (Å²) in [6, 6.07) is 11.7. The summed E-state index contributed by atoms with van der Waals surface area (Å²) in [5.74, 6) is -0.394. The predicted octanol–water partition coefficient (Wildman–Crippen LogP) is 3.91. The molecule has 1 atom stereocenters. The Kier molecular flexibility index (Phi) is 6.95. The number of hydrogen-bond donors (Lipinski definition) is 1. The van der Waals surface area contributed by atoms with Gasteiger partial charge in [0.15, 0.2) is 0 Å². The molecule has 33 heavy (non-hydrogen) atoms. The summed E-state index contributed by atoms with van der Waals surface area (Å²) in [4.78, 5) is 21.8. The molecule has 0 bridgehead atoms. The fraction of sp³-hybridized carbons (Fsp3) is 0.391. The molecule has 4 rings (SSSR count). The number of nitrogens with zero attached hydrogens (tertiary/aromatic N) is 3. The van der Waals surface area contributed by atoms with E-state index in [9.17, 15) is 13.2 Å². The summed E-state index contributed by atoms with van der Waals surface area (Å²) in [6.07, 6.45) is 0. The number of thiazole rings is 1. The molecule has 0 aliphatic carbocycles. The Morgan fingerprint density at radius 1 is 1.09 bits per heavy atom. The van der Waals surface area contributed by atoms with Crippen molar-refractivity contribution in [2.75, 3.05) is 31.1 Å². The Morgan fingerprint density at radius 3 is 2.39 bits per heavy atom. The minimum Gasteiger partial charge on any atom is -0.368 e. The van der Waals surface area contributed by atoms with Crippen molar-refractivity contribution in [1.29, 1.82) is 0 Å². The number of hydrogen-bond acceptors (Lipinski definition) is 6. The number of anilines is 1. The van der Waals surface area contributed by atoms with E-state index in [2.05, 4.69) is 14.6 Å². The highest BCUT2D eigenvalue weighted by molar-refractivity contribution is 7.89. The Morgan fingerprint density at radius 2 is 1.76 bits per heavy atom. The van der Waals surface area contributed by atoms with Crippen LogP contribution in [0.2, 0.25) is 5.02 Å². The summed E-state index contributed by atoms with van der Waals surface area (Å²) in [5.41, 5.74) is 1.83. The van der Waals surface area contributed by atoms with Gasteiger partial charge >= 0.3 is 0 Å². The van der Waals surface area contributed by atoms with Crippen LogP contribution in [0.3, 0.4) is 0 Å². The van der Waals surface area contributed by atoms with E-state index in [-0.39, 0.29) is 16.7 Å². The number of halogens is 1. The second-order valence-electron chi connectivity index (χ2n) is 8.49. The summed E-state index contributed by atoms with van der Waals surface area (Å²) in [6.45, 7) is 7.99. The summed E-state index contributed by atoms with van der Waals surface area (Å²) in [5, 5.41) is 1.56. The van der Waals surface area contributed by atoms with Crippen LogP contribution >= 0.6 is 22.9 Å². The molecule has 0 radical (unpaired) electrons. The van der Waals surface area contributed by atoms with E-state index in [0.717, 1.165) is 20.9 Å². The van der Waals surface area contributed by atoms with E-state index in [1.165, 1.54) is 17.4 Å². The second-order valence-corrected chi connectivity index (χ2v) is 11.9. The van der Waals surface area contributed by atoms with Crippen molar-refractivity contribution in [1.82, 2.24) is 14.6 Å². The fourth-order valence-electron chi connectivity index (χ4n) is 3.93. The third kappa shape index (κ3) is 5.32. The lowest BCUT2D eigenvalue weighted by atomic mass is 10.0. The Bertz CT molecular complexity index is 1250. The molecule has 0 saturated carbocycles. The summed E-state index contributed by atoms with van der Waals surface area (Å²) < 4.78 is 29.7. The van der Waals surface area contributed by atoms with Crippen molar-refractivity contribution in [3.63, 3.8) is 0 Å². The topological polar surface area (TPSA) is 82.6 Å². The van der Waals surface area contributed by atoms with Crippen LogP contribution in [0.15, 0.2) is 47.4 Å². The van der Waals surface area contributed by atoms with Crippen molar-refractivity contribution >= 4 is 54.8 Å². The molecule has 1 aromatic heterocycles. The van der Waals surface area contributed by atoms with Gasteiger partial charge in [0.1, 0.15) is 6.04 Å². The molecule has 0 unspecified atom stereocenters. The van der Waals surface area contributed by atoms with Gasteiger partial charge in [0.05, 0.1) is 20.1 Å². The Labute approximate surface area is 203 Å². The lowest BCUT2D eigenvalue weighted by molar-refractivity contribution is -0.134.